The van der Waals surface area contributed by atoms with E-state index in [2.05, 4.69) is 10.3 Å². The highest BCUT2D eigenvalue weighted by atomic mass is 35.5. The Morgan fingerprint density at radius 1 is 1.25 bits per heavy atom. The number of hydrogen-bond donors (Lipinski definition) is 1. The molecule has 0 aliphatic carbocycles. The molecule has 1 N–H and O–H groups in total. The molecule has 0 fully saturated rings. The number of benzene rings is 2. The van der Waals surface area contributed by atoms with Crippen molar-refractivity contribution in [3.63, 3.8) is 0 Å². The highest BCUT2D eigenvalue weighted by molar-refractivity contribution is 7.80. The number of rotatable bonds is 6. The molecule has 28 heavy (non-hydrogen) atoms. The van der Waals surface area contributed by atoms with Crippen molar-refractivity contribution in [2.45, 2.75) is 13.0 Å². The summed E-state index contributed by atoms with van der Waals surface area (Å²) in [5.74, 6) is 0.725. The van der Waals surface area contributed by atoms with Crippen molar-refractivity contribution in [3.8, 4) is 11.8 Å². The minimum absolute atomic E-state index is 0.204. The Labute approximate surface area is 178 Å². The minimum atomic E-state index is 0.204. The Kier molecular flexibility index (Phi) is 6.83. The van der Waals surface area contributed by atoms with Gasteiger partial charge in [-0.15, -0.1) is 0 Å². The molecule has 7 heteroatoms. The van der Waals surface area contributed by atoms with Crippen LogP contribution in [0.3, 0.4) is 0 Å². The van der Waals surface area contributed by atoms with E-state index in [0.717, 1.165) is 16.5 Å². The summed E-state index contributed by atoms with van der Waals surface area (Å²) in [5, 5.41) is 14.5. The van der Waals surface area contributed by atoms with E-state index >= 15 is 0 Å². The zero-order valence-corrected chi connectivity index (χ0v) is 17.0. The molecule has 2 aromatic carbocycles. The van der Waals surface area contributed by atoms with Crippen LogP contribution in [-0.4, -0.2) is 9.97 Å². The highest BCUT2D eigenvalue weighted by Gasteiger charge is 2.13. The number of pyridine rings is 1. The van der Waals surface area contributed by atoms with E-state index in [1.165, 1.54) is 6.08 Å². The average Bonchev–Trinajstić information content (AvgIpc) is 2.70. The molecular weight excluding hydrogens is 413 g/mol. The average molecular weight is 428 g/mol. The second-order valence-corrected chi connectivity index (χ2v) is 7.09. The predicted molar refractivity (Wildman–Crippen MR) is 118 cm³/mol. The van der Waals surface area contributed by atoms with Crippen molar-refractivity contribution in [1.29, 1.82) is 5.26 Å². The number of nitrogens with one attached hydrogen (secondary N) is 1. The Balaban J connectivity index is 1.79. The molecule has 3 rings (SSSR count). The molecule has 140 valence electrons. The van der Waals surface area contributed by atoms with E-state index in [9.17, 15) is 0 Å². The van der Waals surface area contributed by atoms with Crippen molar-refractivity contribution in [2.75, 3.05) is 5.32 Å². The van der Waals surface area contributed by atoms with Gasteiger partial charge in [-0.2, -0.15) is 5.26 Å². The maximum Gasteiger partial charge on any atom is 0.127 e. The van der Waals surface area contributed by atoms with Gasteiger partial charge in [-0.05, 0) is 24.3 Å². The zero-order chi connectivity index (χ0) is 19.9. The van der Waals surface area contributed by atoms with Gasteiger partial charge in [0.05, 0.1) is 21.8 Å². The standard InChI is InChI=1S/C21H15Cl2N3OS/c22-17-7-8-18(26-20(28)6-1-2-10-24)21(23)16(17)13-27-19-5-3-4-14-12-25-11-9-15(14)19/h1-5,7-9,11-12H,6,13H2,(H,26,28). The van der Waals surface area contributed by atoms with Crippen LogP contribution in [0.2, 0.25) is 10.0 Å². The number of aromatic nitrogens is 1. The molecule has 0 amide bonds. The largest absolute Gasteiger partial charge is 0.488 e. The van der Waals surface area contributed by atoms with Crippen LogP contribution in [0, 0.1) is 11.3 Å². The van der Waals surface area contributed by atoms with Crippen LogP contribution in [-0.2, 0) is 6.61 Å². The van der Waals surface area contributed by atoms with Crippen LogP contribution >= 0.6 is 35.4 Å². The first-order chi connectivity index (χ1) is 13.6. The van der Waals surface area contributed by atoms with Gasteiger partial charge in [0.15, 0.2) is 0 Å². The summed E-state index contributed by atoms with van der Waals surface area (Å²) in [6.07, 6.45) is 7.02. The molecule has 0 aliphatic heterocycles. The number of fused-ring (bicyclic) bond motifs is 1. The van der Waals surface area contributed by atoms with Gasteiger partial charge in [-0.1, -0.05) is 53.6 Å². The molecule has 0 atom stereocenters. The Bertz CT molecular complexity index is 1090. The second-order valence-electron chi connectivity index (χ2n) is 5.81. The van der Waals surface area contributed by atoms with Crippen LogP contribution in [0.15, 0.2) is 60.9 Å². The van der Waals surface area contributed by atoms with Crippen LogP contribution in [0.5, 0.6) is 5.75 Å². The molecule has 1 aromatic heterocycles. The minimum Gasteiger partial charge on any atom is -0.488 e. The number of thiocarbonyl (C=S) groups is 1. The number of allylic oxidation sites excluding steroid dienone is 1. The molecule has 4 nitrogen and oxygen atoms in total. The summed E-state index contributed by atoms with van der Waals surface area (Å²) in [4.78, 5) is 4.67. The van der Waals surface area contributed by atoms with Crippen LogP contribution in [0.1, 0.15) is 12.0 Å². The molecule has 1 heterocycles. The molecule has 0 radical (unpaired) electrons. The number of halogens is 2. The lowest BCUT2D eigenvalue weighted by Gasteiger charge is -2.15. The lowest BCUT2D eigenvalue weighted by molar-refractivity contribution is 0.310. The van der Waals surface area contributed by atoms with Gasteiger partial charge in [0, 0.05) is 46.2 Å². The number of anilines is 1. The van der Waals surface area contributed by atoms with E-state index in [-0.39, 0.29) is 6.61 Å². The first-order valence-corrected chi connectivity index (χ1v) is 9.53. The topological polar surface area (TPSA) is 57.9 Å². The van der Waals surface area contributed by atoms with E-state index in [1.54, 1.807) is 30.6 Å². The van der Waals surface area contributed by atoms with E-state index in [0.29, 0.717) is 32.7 Å². The predicted octanol–water partition coefficient (Wildman–Crippen LogP) is 6.33. The smallest absolute Gasteiger partial charge is 0.127 e. The summed E-state index contributed by atoms with van der Waals surface area (Å²) in [7, 11) is 0. The van der Waals surface area contributed by atoms with E-state index in [4.69, 9.17) is 45.4 Å². The van der Waals surface area contributed by atoms with Gasteiger partial charge in [0.1, 0.15) is 12.4 Å². The summed E-state index contributed by atoms with van der Waals surface area (Å²) in [6, 6.07) is 13.1. The third-order valence-electron chi connectivity index (χ3n) is 3.97. The van der Waals surface area contributed by atoms with Gasteiger partial charge in [0.2, 0.25) is 0 Å². The van der Waals surface area contributed by atoms with Crippen molar-refractivity contribution in [1.82, 2.24) is 4.98 Å². The summed E-state index contributed by atoms with van der Waals surface area (Å²) < 4.78 is 6.00. The maximum atomic E-state index is 8.55. The SMILES string of the molecule is N#CC=CCC(=S)Nc1ccc(Cl)c(COc2cccc3cnccc23)c1Cl. The van der Waals surface area contributed by atoms with Gasteiger partial charge in [-0.25, -0.2) is 0 Å². The molecular formula is C21H15Cl2N3OS. The second kappa shape index (κ2) is 9.52. The first-order valence-electron chi connectivity index (χ1n) is 8.37. The van der Waals surface area contributed by atoms with Gasteiger partial charge in [-0.3, -0.25) is 4.98 Å². The fourth-order valence-electron chi connectivity index (χ4n) is 2.62. The van der Waals surface area contributed by atoms with Crippen LogP contribution < -0.4 is 10.1 Å². The molecule has 0 aliphatic rings. The lowest BCUT2D eigenvalue weighted by atomic mass is 10.1. The third kappa shape index (κ3) is 4.79. The van der Waals surface area contributed by atoms with Crippen LogP contribution in [0.25, 0.3) is 10.8 Å². The summed E-state index contributed by atoms with van der Waals surface area (Å²) in [6.45, 7) is 0.204. The number of nitrogens with zero attached hydrogens (tertiary/aromatic N) is 2. The molecule has 3 aromatic rings. The summed E-state index contributed by atoms with van der Waals surface area (Å²) in [5.41, 5.74) is 1.30. The first kappa shape index (κ1) is 20.1. The number of nitriles is 1. The zero-order valence-electron chi connectivity index (χ0n) is 14.7. The fourth-order valence-corrected chi connectivity index (χ4v) is 3.35. The highest BCUT2D eigenvalue weighted by Crippen LogP contribution is 2.34. The molecule has 0 bridgehead atoms. The molecule has 0 spiro atoms. The fraction of sp³-hybridized carbons (Fsp3) is 0.0952. The Hall–Kier alpha value is -2.65. The Morgan fingerprint density at radius 2 is 2.11 bits per heavy atom. The Morgan fingerprint density at radius 3 is 2.93 bits per heavy atom. The lowest BCUT2D eigenvalue weighted by Crippen LogP contribution is -2.09. The molecule has 0 saturated carbocycles. The quantitative estimate of drug-likeness (QED) is 0.367. The molecule has 0 unspecified atom stereocenters. The van der Waals surface area contributed by atoms with Crippen LogP contribution in [0.4, 0.5) is 5.69 Å². The van der Waals surface area contributed by atoms with Crippen molar-refractivity contribution < 1.29 is 4.74 Å². The maximum absolute atomic E-state index is 8.55. The van der Waals surface area contributed by atoms with Gasteiger partial charge < -0.3 is 10.1 Å². The van der Waals surface area contributed by atoms with E-state index < -0.39 is 0 Å². The van der Waals surface area contributed by atoms with Crippen molar-refractivity contribution in [2.24, 2.45) is 0 Å². The van der Waals surface area contributed by atoms with E-state index in [1.807, 2.05) is 30.3 Å². The summed E-state index contributed by atoms with van der Waals surface area (Å²) >= 11 is 18.2. The van der Waals surface area contributed by atoms with Crippen molar-refractivity contribution >= 4 is 56.9 Å². The third-order valence-corrected chi connectivity index (χ3v) is 5.02. The molecule has 0 saturated heterocycles. The number of ether oxygens (including phenoxy) is 1. The van der Waals surface area contributed by atoms with Crippen molar-refractivity contribution in [3.05, 3.63) is 76.6 Å². The van der Waals surface area contributed by atoms with Gasteiger partial charge in [0.25, 0.3) is 0 Å². The number of hydrogen-bond acceptors (Lipinski definition) is 4. The monoisotopic (exact) mass is 427 g/mol. The normalized spacial score (nSPS) is 10.8. The van der Waals surface area contributed by atoms with Gasteiger partial charge >= 0.3 is 0 Å².